The highest BCUT2D eigenvalue weighted by atomic mass is 35.5. The van der Waals surface area contributed by atoms with E-state index in [1.54, 1.807) is 6.07 Å². The molecular weight excluding hydrogens is 289 g/mol. The summed E-state index contributed by atoms with van der Waals surface area (Å²) in [7, 11) is 0. The lowest BCUT2D eigenvalue weighted by Gasteiger charge is -2.18. The monoisotopic (exact) mass is 304 g/mol. The van der Waals surface area contributed by atoms with Gasteiger partial charge in [0.25, 0.3) is 0 Å². The molecule has 2 fully saturated rings. The van der Waals surface area contributed by atoms with Gasteiger partial charge in [-0.2, -0.15) is 13.2 Å². The van der Waals surface area contributed by atoms with Crippen LogP contribution in [-0.4, -0.2) is 30.1 Å². The molecule has 6 heteroatoms. The summed E-state index contributed by atoms with van der Waals surface area (Å²) in [5.41, 5.74) is -0.253. The van der Waals surface area contributed by atoms with Crippen molar-refractivity contribution in [2.24, 2.45) is 0 Å². The second-order valence-electron chi connectivity index (χ2n) is 5.58. The third kappa shape index (κ3) is 3.20. The normalized spacial score (nSPS) is 24.1. The summed E-state index contributed by atoms with van der Waals surface area (Å²) in [6.07, 6.45) is -0.897. The molecule has 1 aliphatic heterocycles. The van der Waals surface area contributed by atoms with Gasteiger partial charge in [-0.15, -0.1) is 0 Å². The highest BCUT2D eigenvalue weighted by Gasteiger charge is 2.35. The quantitative estimate of drug-likeness (QED) is 0.908. The fourth-order valence-electron chi connectivity index (χ4n) is 2.75. The van der Waals surface area contributed by atoms with E-state index in [-0.39, 0.29) is 11.1 Å². The molecule has 0 radical (unpaired) electrons. The van der Waals surface area contributed by atoms with Crippen molar-refractivity contribution < 1.29 is 13.2 Å². The molecule has 1 saturated carbocycles. The van der Waals surface area contributed by atoms with Crippen LogP contribution in [0.15, 0.2) is 18.2 Å². The first-order valence-corrected chi connectivity index (χ1v) is 7.18. The number of likely N-dealkylation sites (tertiary alicyclic amines) is 1. The van der Waals surface area contributed by atoms with Crippen LogP contribution in [-0.2, 0) is 6.18 Å². The SMILES string of the molecule is FC(F)(F)c1cc(Cl)cc(NC2CCN(C3CC3)C2)c1. The first-order chi connectivity index (χ1) is 9.41. The van der Waals surface area contributed by atoms with Gasteiger partial charge in [-0.05, 0) is 37.5 Å². The van der Waals surface area contributed by atoms with E-state index in [2.05, 4.69) is 10.2 Å². The number of alkyl halides is 3. The molecule has 1 aromatic carbocycles. The zero-order valence-electron chi connectivity index (χ0n) is 10.9. The fourth-order valence-corrected chi connectivity index (χ4v) is 2.98. The summed E-state index contributed by atoms with van der Waals surface area (Å²) < 4.78 is 38.2. The Hall–Kier alpha value is -0.940. The average Bonchev–Trinajstić information content (AvgIpc) is 3.09. The molecule has 1 unspecified atom stereocenters. The van der Waals surface area contributed by atoms with E-state index in [1.807, 2.05) is 0 Å². The molecular formula is C14H16ClF3N2. The number of hydrogen-bond acceptors (Lipinski definition) is 2. The smallest absolute Gasteiger partial charge is 0.381 e. The Morgan fingerprint density at radius 2 is 1.90 bits per heavy atom. The number of hydrogen-bond donors (Lipinski definition) is 1. The predicted octanol–water partition coefficient (Wildman–Crippen LogP) is 4.01. The minimum Gasteiger partial charge on any atom is -0.381 e. The van der Waals surface area contributed by atoms with Gasteiger partial charge in [-0.1, -0.05) is 11.6 Å². The van der Waals surface area contributed by atoms with E-state index in [0.29, 0.717) is 11.7 Å². The van der Waals surface area contributed by atoms with Crippen LogP contribution in [0.25, 0.3) is 0 Å². The molecule has 1 saturated heterocycles. The molecule has 2 nitrogen and oxygen atoms in total. The number of rotatable bonds is 3. The van der Waals surface area contributed by atoms with Gasteiger partial charge in [-0.25, -0.2) is 0 Å². The van der Waals surface area contributed by atoms with Crippen molar-refractivity contribution in [3.8, 4) is 0 Å². The Morgan fingerprint density at radius 3 is 2.55 bits per heavy atom. The molecule has 1 aromatic rings. The maximum absolute atomic E-state index is 12.7. The van der Waals surface area contributed by atoms with Crippen LogP contribution in [0.4, 0.5) is 18.9 Å². The van der Waals surface area contributed by atoms with Crippen LogP contribution in [0.3, 0.4) is 0 Å². The second kappa shape index (κ2) is 5.11. The Labute approximate surface area is 120 Å². The lowest BCUT2D eigenvalue weighted by Crippen LogP contribution is -2.27. The average molecular weight is 305 g/mol. The molecule has 20 heavy (non-hydrogen) atoms. The first-order valence-electron chi connectivity index (χ1n) is 6.80. The molecule has 1 N–H and O–H groups in total. The molecule has 3 rings (SSSR count). The van der Waals surface area contributed by atoms with Gasteiger partial charge in [-0.3, -0.25) is 4.90 Å². The third-order valence-electron chi connectivity index (χ3n) is 3.88. The molecule has 0 bridgehead atoms. The number of nitrogens with one attached hydrogen (secondary N) is 1. The van der Waals surface area contributed by atoms with Gasteiger partial charge in [0.1, 0.15) is 0 Å². The van der Waals surface area contributed by atoms with Crippen molar-refractivity contribution in [1.29, 1.82) is 0 Å². The van der Waals surface area contributed by atoms with Crippen molar-refractivity contribution in [2.75, 3.05) is 18.4 Å². The van der Waals surface area contributed by atoms with Crippen molar-refractivity contribution in [1.82, 2.24) is 4.90 Å². The minimum absolute atomic E-state index is 0.111. The number of nitrogens with zero attached hydrogens (tertiary/aromatic N) is 1. The first kappa shape index (κ1) is 14.0. The van der Waals surface area contributed by atoms with Crippen LogP contribution >= 0.6 is 11.6 Å². The molecule has 2 aliphatic rings. The maximum Gasteiger partial charge on any atom is 0.416 e. The van der Waals surface area contributed by atoms with E-state index in [1.165, 1.54) is 12.8 Å². The Bertz CT molecular complexity index is 500. The van der Waals surface area contributed by atoms with Gasteiger partial charge in [0.15, 0.2) is 0 Å². The van der Waals surface area contributed by atoms with E-state index in [0.717, 1.165) is 31.6 Å². The summed E-state index contributed by atoms with van der Waals surface area (Å²) in [6.45, 7) is 1.92. The molecule has 1 heterocycles. The van der Waals surface area contributed by atoms with Crippen LogP contribution in [0.5, 0.6) is 0 Å². The van der Waals surface area contributed by atoms with E-state index >= 15 is 0 Å². The lowest BCUT2D eigenvalue weighted by molar-refractivity contribution is -0.137. The highest BCUT2D eigenvalue weighted by molar-refractivity contribution is 6.30. The van der Waals surface area contributed by atoms with Crippen LogP contribution in [0.2, 0.25) is 5.02 Å². The zero-order valence-corrected chi connectivity index (χ0v) is 11.6. The Balaban J connectivity index is 1.69. The van der Waals surface area contributed by atoms with Gasteiger partial charge in [0, 0.05) is 35.9 Å². The maximum atomic E-state index is 12.7. The zero-order chi connectivity index (χ0) is 14.3. The van der Waals surface area contributed by atoms with Crippen molar-refractivity contribution in [3.05, 3.63) is 28.8 Å². The molecule has 1 atom stereocenters. The van der Waals surface area contributed by atoms with Crippen LogP contribution < -0.4 is 5.32 Å². The van der Waals surface area contributed by atoms with Gasteiger partial charge >= 0.3 is 6.18 Å². The Kier molecular flexibility index (Phi) is 3.58. The Morgan fingerprint density at radius 1 is 1.15 bits per heavy atom. The number of halogens is 4. The molecule has 0 spiro atoms. The van der Waals surface area contributed by atoms with Gasteiger partial charge in [0.05, 0.1) is 5.56 Å². The molecule has 0 amide bonds. The third-order valence-corrected chi connectivity index (χ3v) is 4.10. The predicted molar refractivity (Wildman–Crippen MR) is 73.1 cm³/mol. The summed E-state index contributed by atoms with van der Waals surface area (Å²) in [6, 6.07) is 4.54. The van der Waals surface area contributed by atoms with Gasteiger partial charge in [0.2, 0.25) is 0 Å². The van der Waals surface area contributed by atoms with Crippen molar-refractivity contribution >= 4 is 17.3 Å². The standard InChI is InChI=1S/C14H16ClF3N2/c15-10-5-9(14(16,17)18)6-12(7-10)19-11-3-4-20(8-11)13-1-2-13/h5-7,11,13,19H,1-4,8H2. The molecule has 0 aromatic heterocycles. The lowest BCUT2D eigenvalue weighted by atomic mass is 10.1. The fraction of sp³-hybridized carbons (Fsp3) is 0.571. The van der Waals surface area contributed by atoms with Crippen molar-refractivity contribution in [2.45, 2.75) is 37.5 Å². The van der Waals surface area contributed by atoms with Crippen LogP contribution in [0, 0.1) is 0 Å². The highest BCUT2D eigenvalue weighted by Crippen LogP contribution is 2.34. The van der Waals surface area contributed by atoms with Gasteiger partial charge < -0.3 is 5.32 Å². The van der Waals surface area contributed by atoms with E-state index in [9.17, 15) is 13.2 Å². The largest absolute Gasteiger partial charge is 0.416 e. The van der Waals surface area contributed by atoms with E-state index < -0.39 is 11.7 Å². The number of anilines is 1. The summed E-state index contributed by atoms with van der Waals surface area (Å²) >= 11 is 5.78. The molecule has 110 valence electrons. The van der Waals surface area contributed by atoms with Crippen LogP contribution in [0.1, 0.15) is 24.8 Å². The summed E-state index contributed by atoms with van der Waals surface area (Å²) in [5.74, 6) is 0. The second-order valence-corrected chi connectivity index (χ2v) is 6.02. The summed E-state index contributed by atoms with van der Waals surface area (Å²) in [5, 5.41) is 3.29. The van der Waals surface area contributed by atoms with Crippen molar-refractivity contribution in [3.63, 3.8) is 0 Å². The number of benzene rings is 1. The minimum atomic E-state index is -4.36. The van der Waals surface area contributed by atoms with E-state index in [4.69, 9.17) is 11.6 Å². The molecule has 1 aliphatic carbocycles. The summed E-state index contributed by atoms with van der Waals surface area (Å²) in [4.78, 5) is 2.41. The topological polar surface area (TPSA) is 15.3 Å².